The fourth-order valence-corrected chi connectivity index (χ4v) is 1.93. The molecule has 0 bridgehead atoms. The molecule has 112 valence electrons. The molecule has 0 unspecified atom stereocenters. The minimum atomic E-state index is -4.34. The Balaban J connectivity index is 2.79. The topological polar surface area (TPSA) is 40.5 Å². The van der Waals surface area contributed by atoms with E-state index in [-0.39, 0.29) is 12.5 Å². The zero-order chi connectivity index (χ0) is 15.3. The summed E-state index contributed by atoms with van der Waals surface area (Å²) in [6, 6.07) is 5.01. The van der Waals surface area contributed by atoms with Crippen LogP contribution in [0.5, 0.6) is 0 Å². The normalized spacial score (nSPS) is 11.7. The van der Waals surface area contributed by atoms with Gasteiger partial charge in [-0.1, -0.05) is 0 Å². The van der Waals surface area contributed by atoms with Gasteiger partial charge in [0.1, 0.15) is 0 Å². The Hall–Kier alpha value is -1.72. The Morgan fingerprint density at radius 1 is 1.25 bits per heavy atom. The van der Waals surface area contributed by atoms with Crippen LogP contribution in [0.4, 0.5) is 18.9 Å². The van der Waals surface area contributed by atoms with Crippen LogP contribution in [0.2, 0.25) is 0 Å². The first kappa shape index (κ1) is 16.3. The number of carbonyl (C=O) groups is 1. The zero-order valence-electron chi connectivity index (χ0n) is 11.4. The van der Waals surface area contributed by atoms with E-state index in [1.807, 2.05) is 18.7 Å². The third kappa shape index (κ3) is 4.75. The molecule has 3 nitrogen and oxygen atoms in total. The molecule has 1 aromatic carbocycles. The maximum absolute atomic E-state index is 12.5. The van der Waals surface area contributed by atoms with Gasteiger partial charge in [0.2, 0.25) is 0 Å². The van der Waals surface area contributed by atoms with E-state index < -0.39 is 17.7 Å². The SMILES string of the molecule is CC(C)N(CCCC(=O)O)c1ccc(C(F)(F)F)cc1. The third-order valence-corrected chi connectivity index (χ3v) is 2.94. The first-order valence-electron chi connectivity index (χ1n) is 6.37. The van der Waals surface area contributed by atoms with Crippen molar-refractivity contribution in [3.8, 4) is 0 Å². The van der Waals surface area contributed by atoms with Gasteiger partial charge in [0.15, 0.2) is 0 Å². The standard InChI is InChI=1S/C14H18F3NO2/c1-10(2)18(9-3-4-13(19)20)12-7-5-11(6-8-12)14(15,16)17/h5-8,10H,3-4,9H2,1-2H3,(H,19,20). The van der Waals surface area contributed by atoms with Gasteiger partial charge in [0, 0.05) is 24.7 Å². The summed E-state index contributed by atoms with van der Waals surface area (Å²) < 4.78 is 37.5. The summed E-state index contributed by atoms with van der Waals surface area (Å²) in [7, 11) is 0. The van der Waals surface area contributed by atoms with Gasteiger partial charge >= 0.3 is 12.1 Å². The number of carboxylic acids is 1. The second-order valence-corrected chi connectivity index (χ2v) is 4.83. The van der Waals surface area contributed by atoms with E-state index in [9.17, 15) is 18.0 Å². The minimum Gasteiger partial charge on any atom is -0.481 e. The highest BCUT2D eigenvalue weighted by Gasteiger charge is 2.30. The van der Waals surface area contributed by atoms with E-state index in [1.54, 1.807) is 0 Å². The molecule has 0 spiro atoms. The van der Waals surface area contributed by atoms with Gasteiger partial charge in [0.25, 0.3) is 0 Å². The van der Waals surface area contributed by atoms with E-state index in [0.29, 0.717) is 18.7 Å². The van der Waals surface area contributed by atoms with E-state index >= 15 is 0 Å². The van der Waals surface area contributed by atoms with Crippen LogP contribution >= 0.6 is 0 Å². The predicted octanol–water partition coefficient (Wildman–Crippen LogP) is 3.79. The van der Waals surface area contributed by atoms with Gasteiger partial charge < -0.3 is 10.0 Å². The molecule has 6 heteroatoms. The maximum atomic E-state index is 12.5. The van der Waals surface area contributed by atoms with Crippen molar-refractivity contribution in [1.82, 2.24) is 0 Å². The lowest BCUT2D eigenvalue weighted by atomic mass is 10.1. The van der Waals surface area contributed by atoms with Crippen LogP contribution in [0.25, 0.3) is 0 Å². The fraction of sp³-hybridized carbons (Fsp3) is 0.500. The molecule has 0 aliphatic carbocycles. The Bertz CT molecular complexity index is 441. The monoisotopic (exact) mass is 289 g/mol. The van der Waals surface area contributed by atoms with Crippen LogP contribution < -0.4 is 4.90 Å². The second-order valence-electron chi connectivity index (χ2n) is 4.83. The molecule has 0 amide bonds. The molecule has 1 aromatic rings. The highest BCUT2D eigenvalue weighted by Crippen LogP contribution is 2.30. The number of benzene rings is 1. The Morgan fingerprint density at radius 2 is 1.80 bits per heavy atom. The van der Waals surface area contributed by atoms with Crippen molar-refractivity contribution < 1.29 is 23.1 Å². The summed E-state index contributed by atoms with van der Waals surface area (Å²) in [5.74, 6) is -0.874. The van der Waals surface area contributed by atoms with Crippen LogP contribution in [0, 0.1) is 0 Å². The van der Waals surface area contributed by atoms with Crippen LogP contribution in [0.1, 0.15) is 32.3 Å². The highest BCUT2D eigenvalue weighted by atomic mass is 19.4. The predicted molar refractivity (Wildman–Crippen MR) is 70.8 cm³/mol. The van der Waals surface area contributed by atoms with Crippen molar-refractivity contribution >= 4 is 11.7 Å². The average molecular weight is 289 g/mol. The van der Waals surface area contributed by atoms with Crippen molar-refractivity contribution in [1.29, 1.82) is 0 Å². The molecular formula is C14H18F3NO2. The summed E-state index contributed by atoms with van der Waals surface area (Å²) in [5.41, 5.74) is -0.0196. The lowest BCUT2D eigenvalue weighted by Crippen LogP contribution is -2.32. The summed E-state index contributed by atoms with van der Waals surface area (Å²) in [4.78, 5) is 12.4. The number of aliphatic carboxylic acids is 1. The molecule has 20 heavy (non-hydrogen) atoms. The number of carboxylic acid groups (broad SMARTS) is 1. The Morgan fingerprint density at radius 3 is 2.20 bits per heavy atom. The number of anilines is 1. The summed E-state index contributed by atoms with van der Waals surface area (Å²) >= 11 is 0. The largest absolute Gasteiger partial charge is 0.481 e. The number of alkyl halides is 3. The lowest BCUT2D eigenvalue weighted by Gasteiger charge is -2.29. The molecular weight excluding hydrogens is 271 g/mol. The fourth-order valence-electron chi connectivity index (χ4n) is 1.93. The number of halogens is 3. The molecule has 0 aliphatic heterocycles. The second kappa shape index (κ2) is 6.63. The van der Waals surface area contributed by atoms with E-state index in [2.05, 4.69) is 0 Å². The van der Waals surface area contributed by atoms with Gasteiger partial charge in [-0.15, -0.1) is 0 Å². The number of nitrogens with zero attached hydrogens (tertiary/aromatic N) is 1. The Labute approximate surface area is 116 Å². The molecule has 0 atom stereocenters. The molecule has 0 saturated heterocycles. The van der Waals surface area contributed by atoms with Crippen molar-refractivity contribution in [3.63, 3.8) is 0 Å². The van der Waals surface area contributed by atoms with Crippen molar-refractivity contribution in [2.24, 2.45) is 0 Å². The third-order valence-electron chi connectivity index (χ3n) is 2.94. The molecule has 1 N–H and O–H groups in total. The van der Waals surface area contributed by atoms with Gasteiger partial charge in [0.05, 0.1) is 5.56 Å². The minimum absolute atomic E-state index is 0.0455. The first-order chi connectivity index (χ1) is 9.21. The van der Waals surface area contributed by atoms with E-state index in [4.69, 9.17) is 5.11 Å². The van der Waals surface area contributed by atoms with Crippen molar-refractivity contribution in [2.45, 2.75) is 38.9 Å². The van der Waals surface area contributed by atoms with Crippen LogP contribution in [-0.4, -0.2) is 23.7 Å². The molecule has 0 aromatic heterocycles. The molecule has 0 aliphatic rings. The first-order valence-corrected chi connectivity index (χ1v) is 6.37. The molecule has 0 radical (unpaired) electrons. The molecule has 0 saturated carbocycles. The number of rotatable bonds is 6. The van der Waals surface area contributed by atoms with E-state index in [0.717, 1.165) is 12.1 Å². The van der Waals surface area contributed by atoms with Crippen LogP contribution in [0.15, 0.2) is 24.3 Å². The van der Waals surface area contributed by atoms with Crippen LogP contribution in [-0.2, 0) is 11.0 Å². The zero-order valence-corrected chi connectivity index (χ0v) is 11.4. The van der Waals surface area contributed by atoms with Gasteiger partial charge in [-0.05, 0) is 44.5 Å². The average Bonchev–Trinajstić information content (AvgIpc) is 2.33. The summed E-state index contributed by atoms with van der Waals surface area (Å²) in [5, 5.41) is 8.62. The van der Waals surface area contributed by atoms with Crippen molar-refractivity contribution in [3.05, 3.63) is 29.8 Å². The summed E-state index contributed by atoms with van der Waals surface area (Å²) in [6.45, 7) is 4.33. The van der Waals surface area contributed by atoms with Crippen LogP contribution in [0.3, 0.4) is 0 Å². The number of hydrogen-bond acceptors (Lipinski definition) is 2. The highest BCUT2D eigenvalue weighted by molar-refractivity contribution is 5.66. The quantitative estimate of drug-likeness (QED) is 0.866. The van der Waals surface area contributed by atoms with Gasteiger partial charge in [-0.25, -0.2) is 0 Å². The smallest absolute Gasteiger partial charge is 0.416 e. The molecule has 0 heterocycles. The lowest BCUT2D eigenvalue weighted by molar-refractivity contribution is -0.138. The van der Waals surface area contributed by atoms with Gasteiger partial charge in [-0.2, -0.15) is 13.2 Å². The van der Waals surface area contributed by atoms with Crippen molar-refractivity contribution in [2.75, 3.05) is 11.4 Å². The summed E-state index contributed by atoms with van der Waals surface area (Å²) in [6.07, 6.45) is -3.84. The van der Waals surface area contributed by atoms with Gasteiger partial charge in [-0.3, -0.25) is 4.79 Å². The number of hydrogen-bond donors (Lipinski definition) is 1. The molecule has 0 fully saturated rings. The molecule has 1 rings (SSSR count). The Kier molecular flexibility index (Phi) is 5.42. The van der Waals surface area contributed by atoms with E-state index in [1.165, 1.54) is 12.1 Å². The maximum Gasteiger partial charge on any atom is 0.416 e.